The van der Waals surface area contributed by atoms with E-state index in [1.165, 1.54) is 12.1 Å². The smallest absolute Gasteiger partial charge is 0.334 e. The Hall–Kier alpha value is -3.93. The van der Waals surface area contributed by atoms with Gasteiger partial charge in [0.15, 0.2) is 5.60 Å². The fourth-order valence-electron chi connectivity index (χ4n) is 3.85. The Morgan fingerprint density at radius 3 is 2.45 bits per heavy atom. The Morgan fingerprint density at radius 1 is 0.968 bits per heavy atom. The van der Waals surface area contributed by atoms with Gasteiger partial charge in [-0.3, -0.25) is 4.79 Å². The van der Waals surface area contributed by atoms with Crippen molar-refractivity contribution < 1.29 is 23.1 Å². The van der Waals surface area contributed by atoms with Crippen molar-refractivity contribution in [2.75, 3.05) is 6.61 Å². The zero-order valence-electron chi connectivity index (χ0n) is 16.4. The molecule has 1 aromatic heterocycles. The molecule has 2 heterocycles. The van der Waals surface area contributed by atoms with Crippen molar-refractivity contribution in [3.63, 3.8) is 0 Å². The number of hydrogen-bond acceptors (Lipinski definition) is 5. The minimum Gasteiger partial charge on any atom is -0.489 e. The van der Waals surface area contributed by atoms with E-state index in [9.17, 15) is 14.0 Å². The molecular formula is C25H17FO5. The van der Waals surface area contributed by atoms with Crippen molar-refractivity contribution in [1.82, 2.24) is 0 Å². The molecule has 0 amide bonds. The summed E-state index contributed by atoms with van der Waals surface area (Å²) in [5.41, 5.74) is 0.585. The number of benzene rings is 3. The molecule has 1 aliphatic rings. The lowest BCUT2D eigenvalue weighted by Crippen LogP contribution is -2.33. The molecule has 0 spiro atoms. The third kappa shape index (κ3) is 3.26. The number of esters is 1. The fourth-order valence-corrected chi connectivity index (χ4v) is 3.85. The predicted molar refractivity (Wildman–Crippen MR) is 113 cm³/mol. The topological polar surface area (TPSA) is 65.7 Å². The van der Waals surface area contributed by atoms with E-state index in [1.807, 2.05) is 0 Å². The molecule has 0 aliphatic carbocycles. The van der Waals surface area contributed by atoms with Crippen molar-refractivity contribution in [2.24, 2.45) is 0 Å². The molecule has 1 saturated heterocycles. The molecule has 0 bridgehead atoms. The molecule has 1 fully saturated rings. The average Bonchev–Trinajstić information content (AvgIpc) is 3.07. The molecular weight excluding hydrogens is 399 g/mol. The van der Waals surface area contributed by atoms with Gasteiger partial charge in [0.1, 0.15) is 29.3 Å². The van der Waals surface area contributed by atoms with Crippen molar-refractivity contribution in [2.45, 2.75) is 12.0 Å². The second-order valence-electron chi connectivity index (χ2n) is 7.55. The number of cyclic esters (lactones) is 1. The van der Waals surface area contributed by atoms with Crippen LogP contribution >= 0.6 is 0 Å². The van der Waals surface area contributed by atoms with E-state index in [0.29, 0.717) is 38.8 Å². The maximum absolute atomic E-state index is 13.4. The zero-order valence-corrected chi connectivity index (χ0v) is 16.4. The van der Waals surface area contributed by atoms with Crippen LogP contribution < -0.4 is 10.2 Å². The van der Waals surface area contributed by atoms with Crippen LogP contribution in [0.2, 0.25) is 0 Å². The number of ether oxygens (including phenoxy) is 2. The van der Waals surface area contributed by atoms with Gasteiger partial charge in [-0.1, -0.05) is 30.8 Å². The Balaban J connectivity index is 1.50. The van der Waals surface area contributed by atoms with Crippen LogP contribution in [0.25, 0.3) is 21.9 Å². The van der Waals surface area contributed by atoms with E-state index in [1.54, 1.807) is 54.6 Å². The molecule has 4 aromatic rings. The lowest BCUT2D eigenvalue weighted by molar-refractivity contribution is -0.150. The molecule has 3 aromatic carbocycles. The second kappa shape index (κ2) is 7.09. The van der Waals surface area contributed by atoms with Gasteiger partial charge in [-0.25, -0.2) is 9.18 Å². The van der Waals surface area contributed by atoms with Crippen LogP contribution in [0.5, 0.6) is 5.75 Å². The van der Waals surface area contributed by atoms with Crippen LogP contribution in [-0.2, 0) is 15.1 Å². The van der Waals surface area contributed by atoms with E-state index >= 15 is 0 Å². The maximum Gasteiger partial charge on any atom is 0.334 e. The second-order valence-corrected chi connectivity index (χ2v) is 7.55. The van der Waals surface area contributed by atoms with E-state index < -0.39 is 11.6 Å². The molecule has 1 atom stereocenters. The van der Waals surface area contributed by atoms with Crippen LogP contribution in [0, 0.1) is 5.82 Å². The number of rotatable bonds is 4. The number of para-hydroxylation sites is 1. The third-order valence-electron chi connectivity index (χ3n) is 5.47. The number of fused-ring (bicyclic) bond motifs is 2. The number of halogens is 1. The van der Waals surface area contributed by atoms with Crippen LogP contribution in [0.15, 0.2) is 88.1 Å². The molecule has 154 valence electrons. The van der Waals surface area contributed by atoms with Gasteiger partial charge in [-0.2, -0.15) is 0 Å². The summed E-state index contributed by atoms with van der Waals surface area (Å²) in [6, 6.07) is 17.7. The lowest BCUT2D eigenvalue weighted by Gasteiger charge is -2.28. The summed E-state index contributed by atoms with van der Waals surface area (Å²) >= 11 is 0. The zero-order chi connectivity index (χ0) is 21.6. The quantitative estimate of drug-likeness (QED) is 0.270. The Bertz CT molecular complexity index is 1390. The summed E-state index contributed by atoms with van der Waals surface area (Å²) in [6.45, 7) is 3.75. The van der Waals surface area contributed by atoms with Crippen molar-refractivity contribution in [3.05, 3.63) is 100 Å². The highest BCUT2D eigenvalue weighted by Crippen LogP contribution is 2.40. The van der Waals surface area contributed by atoms with Crippen LogP contribution in [0.3, 0.4) is 0 Å². The van der Waals surface area contributed by atoms with E-state index in [2.05, 4.69) is 6.58 Å². The standard InChI is InChI=1S/C25H17FO5/c1-15-13-25(31-24(15)28,16-6-8-17(26)9-7-16)14-29-18-10-11-20-22(12-18)30-21-5-3-2-4-19(21)23(20)27/h2-12H,1,13-14H2. The van der Waals surface area contributed by atoms with Crippen molar-refractivity contribution in [1.29, 1.82) is 0 Å². The Labute approximate surface area is 176 Å². The normalized spacial score (nSPS) is 18.5. The van der Waals surface area contributed by atoms with E-state index in [0.717, 1.165) is 0 Å². The lowest BCUT2D eigenvalue weighted by atomic mass is 9.90. The summed E-state index contributed by atoms with van der Waals surface area (Å²) < 4.78 is 30.9. The highest BCUT2D eigenvalue weighted by molar-refractivity contribution is 5.91. The third-order valence-corrected chi connectivity index (χ3v) is 5.47. The summed E-state index contributed by atoms with van der Waals surface area (Å²) in [4.78, 5) is 24.8. The Kier molecular flexibility index (Phi) is 4.36. The maximum atomic E-state index is 13.4. The van der Waals surface area contributed by atoms with Crippen molar-refractivity contribution >= 4 is 27.9 Å². The van der Waals surface area contributed by atoms with Crippen LogP contribution in [-0.4, -0.2) is 12.6 Å². The van der Waals surface area contributed by atoms with Gasteiger partial charge in [-0.05, 0) is 42.0 Å². The summed E-state index contributed by atoms with van der Waals surface area (Å²) in [7, 11) is 0. The highest BCUT2D eigenvalue weighted by Gasteiger charge is 2.45. The summed E-state index contributed by atoms with van der Waals surface area (Å²) in [5.74, 6) is -0.454. The molecule has 0 radical (unpaired) electrons. The monoisotopic (exact) mass is 416 g/mol. The SMILES string of the molecule is C=C1CC(COc2ccc3c(=O)c4ccccc4oc3c2)(c2ccc(F)cc2)OC1=O. The predicted octanol–water partition coefficient (Wildman–Crippen LogP) is 4.86. The Morgan fingerprint density at radius 2 is 1.71 bits per heavy atom. The van der Waals surface area contributed by atoms with Gasteiger partial charge in [-0.15, -0.1) is 0 Å². The first-order chi connectivity index (χ1) is 14.9. The molecule has 6 heteroatoms. The van der Waals surface area contributed by atoms with E-state index in [-0.39, 0.29) is 24.3 Å². The van der Waals surface area contributed by atoms with Gasteiger partial charge in [0.2, 0.25) is 5.43 Å². The minimum atomic E-state index is -1.11. The van der Waals surface area contributed by atoms with E-state index in [4.69, 9.17) is 13.9 Å². The molecule has 1 unspecified atom stereocenters. The van der Waals surface area contributed by atoms with Gasteiger partial charge in [0, 0.05) is 18.1 Å². The van der Waals surface area contributed by atoms with Crippen LogP contribution in [0.1, 0.15) is 12.0 Å². The number of carbonyl (C=O) groups excluding carboxylic acids is 1. The van der Waals surface area contributed by atoms with Crippen molar-refractivity contribution in [3.8, 4) is 5.75 Å². The minimum absolute atomic E-state index is 0.00723. The van der Waals surface area contributed by atoms with Gasteiger partial charge < -0.3 is 13.9 Å². The van der Waals surface area contributed by atoms with Gasteiger partial charge >= 0.3 is 5.97 Å². The molecule has 31 heavy (non-hydrogen) atoms. The molecule has 0 N–H and O–H groups in total. The van der Waals surface area contributed by atoms with Gasteiger partial charge in [0.25, 0.3) is 0 Å². The fraction of sp³-hybridized carbons (Fsp3) is 0.120. The first-order valence-electron chi connectivity index (χ1n) is 9.71. The first kappa shape index (κ1) is 19.1. The molecule has 5 nitrogen and oxygen atoms in total. The average molecular weight is 416 g/mol. The highest BCUT2D eigenvalue weighted by atomic mass is 19.1. The van der Waals surface area contributed by atoms with Gasteiger partial charge in [0.05, 0.1) is 10.8 Å². The van der Waals surface area contributed by atoms with Crippen LogP contribution in [0.4, 0.5) is 4.39 Å². The molecule has 5 rings (SSSR count). The largest absolute Gasteiger partial charge is 0.489 e. The first-order valence-corrected chi connectivity index (χ1v) is 9.71. The summed E-state index contributed by atoms with van der Waals surface area (Å²) in [5, 5.41) is 0.954. The summed E-state index contributed by atoms with van der Waals surface area (Å²) in [6.07, 6.45) is 0.227. The molecule has 0 saturated carbocycles. The number of carbonyl (C=O) groups is 1. The molecule has 1 aliphatic heterocycles. The number of hydrogen-bond donors (Lipinski definition) is 0.